The van der Waals surface area contributed by atoms with Crippen LogP contribution in [0.4, 0.5) is 0 Å². The second-order valence-electron chi connectivity index (χ2n) is 13.3. The second-order valence-corrected chi connectivity index (χ2v) is 13.3. The van der Waals surface area contributed by atoms with Gasteiger partial charge in [-0.2, -0.15) is 0 Å². The van der Waals surface area contributed by atoms with Gasteiger partial charge in [0.1, 0.15) is 0 Å². The van der Waals surface area contributed by atoms with Crippen LogP contribution < -0.4 is 5.32 Å². The molecule has 8 heteroatoms. The molecule has 0 heterocycles. The van der Waals surface area contributed by atoms with Crippen LogP contribution in [0.25, 0.3) is 0 Å². The van der Waals surface area contributed by atoms with E-state index in [4.69, 9.17) is 0 Å². The van der Waals surface area contributed by atoms with Crippen molar-refractivity contribution in [3.63, 3.8) is 0 Å². The van der Waals surface area contributed by atoms with Crippen LogP contribution >= 0.6 is 0 Å². The molecule has 0 aromatic carbocycles. The van der Waals surface area contributed by atoms with E-state index in [-0.39, 0.29) is 29.0 Å². The van der Waals surface area contributed by atoms with Crippen LogP contribution in [0.15, 0.2) is 49.6 Å². The lowest BCUT2D eigenvalue weighted by molar-refractivity contribution is -0.129. The molecule has 1 aliphatic carbocycles. The minimum Gasteiger partial charge on any atom is -0.353 e. The molecule has 1 saturated carbocycles. The van der Waals surface area contributed by atoms with E-state index in [1.807, 2.05) is 23.6 Å². The highest BCUT2D eigenvalue weighted by Crippen LogP contribution is 2.31. The third-order valence-corrected chi connectivity index (χ3v) is 8.32. The quantitative estimate of drug-likeness (QED) is 0.203. The van der Waals surface area contributed by atoms with Gasteiger partial charge in [0.2, 0.25) is 23.6 Å². The number of nitrogens with zero attached hydrogens (tertiary/aromatic N) is 3. The molecule has 1 fully saturated rings. The molecule has 1 atom stereocenters. The molecule has 0 saturated heterocycles. The number of hydrogen-bond donors (Lipinski definition) is 1. The van der Waals surface area contributed by atoms with Crippen molar-refractivity contribution >= 4 is 23.6 Å². The zero-order valence-electron chi connectivity index (χ0n) is 29.2. The van der Waals surface area contributed by atoms with E-state index >= 15 is 0 Å². The van der Waals surface area contributed by atoms with Gasteiger partial charge in [0, 0.05) is 57.5 Å². The van der Waals surface area contributed by atoms with E-state index < -0.39 is 0 Å². The molecule has 44 heavy (non-hydrogen) atoms. The summed E-state index contributed by atoms with van der Waals surface area (Å²) >= 11 is 0. The Labute approximate surface area is 268 Å². The van der Waals surface area contributed by atoms with Crippen molar-refractivity contribution in [1.82, 2.24) is 20.0 Å². The Hall–Kier alpha value is -3.16. The van der Waals surface area contributed by atoms with E-state index in [1.165, 1.54) is 12.2 Å². The summed E-state index contributed by atoms with van der Waals surface area (Å²) in [6, 6.07) is 0. The highest BCUT2D eigenvalue weighted by atomic mass is 16.2. The fraction of sp³-hybridized carbons (Fsp3) is 0.667. The van der Waals surface area contributed by atoms with Gasteiger partial charge in [-0.25, -0.2) is 0 Å². The topological polar surface area (TPSA) is 90.0 Å². The molecule has 4 amide bonds. The predicted molar refractivity (Wildman–Crippen MR) is 183 cm³/mol. The van der Waals surface area contributed by atoms with E-state index in [0.717, 1.165) is 64.7 Å². The molecular weight excluding hydrogens is 552 g/mol. The Bertz CT molecular complexity index is 950. The number of amides is 4. The average Bonchev–Trinajstić information content (AvgIpc) is 2.97. The maximum absolute atomic E-state index is 12.1. The number of likely N-dealkylation sites (N-methyl/N-ethyl adjacent to an activating group) is 3. The van der Waals surface area contributed by atoms with E-state index in [0.29, 0.717) is 42.0 Å². The van der Waals surface area contributed by atoms with Crippen LogP contribution in [0.2, 0.25) is 0 Å². The predicted octanol–water partition coefficient (Wildman–Crippen LogP) is 6.02. The van der Waals surface area contributed by atoms with E-state index in [9.17, 15) is 19.2 Å². The first-order valence-electron chi connectivity index (χ1n) is 16.2. The summed E-state index contributed by atoms with van der Waals surface area (Å²) in [5.74, 6) is 1.49. The average molecular weight is 615 g/mol. The summed E-state index contributed by atoms with van der Waals surface area (Å²) in [5, 5.41) is 2.80. The maximum atomic E-state index is 12.1. The number of carbonyl (C=O) groups is 4. The first-order chi connectivity index (χ1) is 20.5. The standard InChI is InChI=1S/C20H34N2O2.C16H28N2O2/c1-7-21(19(23)15(3)4)13-17-9-11-18(12-10-17)14-22(8-2)20(24)16(5)6;1-7-14(19)17-10-9-16(4,5)11-13(3)12-18(6)15(20)8-2/h17-18H,3,5,7-14H2,1-2,4,6H3;7-8,13H,1-2,9-12H2,3-6H3,(H,17,19). The van der Waals surface area contributed by atoms with Crippen molar-refractivity contribution in [3.8, 4) is 0 Å². The summed E-state index contributed by atoms with van der Waals surface area (Å²) < 4.78 is 0. The first kappa shape index (κ1) is 40.8. The minimum atomic E-state index is -0.134. The van der Waals surface area contributed by atoms with Gasteiger partial charge in [-0.1, -0.05) is 47.1 Å². The number of rotatable bonds is 17. The Morgan fingerprint density at radius 3 is 1.64 bits per heavy atom. The van der Waals surface area contributed by atoms with Crippen LogP contribution in [0, 0.1) is 23.2 Å². The Morgan fingerprint density at radius 2 is 1.30 bits per heavy atom. The zero-order valence-corrected chi connectivity index (χ0v) is 29.2. The highest BCUT2D eigenvalue weighted by Gasteiger charge is 2.27. The summed E-state index contributed by atoms with van der Waals surface area (Å²) in [6.07, 6.45) is 9.02. The van der Waals surface area contributed by atoms with Crippen LogP contribution in [0.1, 0.15) is 87.0 Å². The lowest BCUT2D eigenvalue weighted by atomic mass is 9.80. The summed E-state index contributed by atoms with van der Waals surface area (Å²) in [4.78, 5) is 52.3. The molecule has 1 unspecified atom stereocenters. The normalized spacial score (nSPS) is 16.7. The molecule has 0 radical (unpaired) electrons. The van der Waals surface area contributed by atoms with E-state index in [2.05, 4.69) is 52.4 Å². The Balaban J connectivity index is 0.000000856. The molecule has 1 aliphatic rings. The van der Waals surface area contributed by atoms with Gasteiger partial charge < -0.3 is 20.0 Å². The van der Waals surface area contributed by atoms with Crippen molar-refractivity contribution in [3.05, 3.63) is 49.6 Å². The van der Waals surface area contributed by atoms with Gasteiger partial charge in [-0.15, -0.1) is 0 Å². The lowest BCUT2D eigenvalue weighted by Crippen LogP contribution is -2.39. The van der Waals surface area contributed by atoms with Gasteiger partial charge in [-0.3, -0.25) is 19.2 Å². The second kappa shape index (κ2) is 20.7. The molecule has 0 spiro atoms. The molecule has 1 N–H and O–H groups in total. The zero-order chi connectivity index (χ0) is 34.0. The number of hydrogen-bond acceptors (Lipinski definition) is 4. The van der Waals surface area contributed by atoms with Gasteiger partial charge in [-0.05, 0) is 102 Å². The molecule has 1 rings (SSSR count). The number of carbonyl (C=O) groups excluding carboxylic acids is 4. The molecular formula is C36H62N4O4. The largest absolute Gasteiger partial charge is 0.353 e. The number of nitrogens with one attached hydrogen (secondary N) is 1. The summed E-state index contributed by atoms with van der Waals surface area (Å²) in [7, 11) is 1.79. The van der Waals surface area contributed by atoms with Crippen molar-refractivity contribution < 1.29 is 19.2 Å². The van der Waals surface area contributed by atoms with Crippen molar-refractivity contribution in [2.24, 2.45) is 23.2 Å². The van der Waals surface area contributed by atoms with Crippen LogP contribution in [-0.4, -0.2) is 84.6 Å². The molecule has 8 nitrogen and oxygen atoms in total. The molecule has 0 aromatic rings. The van der Waals surface area contributed by atoms with Crippen molar-refractivity contribution in [2.45, 2.75) is 87.0 Å². The lowest BCUT2D eigenvalue weighted by Gasteiger charge is -2.34. The van der Waals surface area contributed by atoms with Crippen molar-refractivity contribution in [2.75, 3.05) is 46.3 Å². The van der Waals surface area contributed by atoms with Crippen molar-refractivity contribution in [1.29, 1.82) is 0 Å². The van der Waals surface area contributed by atoms with Crippen LogP contribution in [0.5, 0.6) is 0 Å². The molecule has 0 bridgehead atoms. The first-order valence-corrected chi connectivity index (χ1v) is 16.2. The van der Waals surface area contributed by atoms with Crippen LogP contribution in [-0.2, 0) is 19.2 Å². The summed E-state index contributed by atoms with van der Waals surface area (Å²) in [6.45, 7) is 33.0. The minimum absolute atomic E-state index is 0.0482. The Kier molecular flexibility index (Phi) is 19.2. The Morgan fingerprint density at radius 1 is 0.864 bits per heavy atom. The van der Waals surface area contributed by atoms with Crippen LogP contribution in [0.3, 0.4) is 0 Å². The van der Waals surface area contributed by atoms with Gasteiger partial charge in [0.25, 0.3) is 0 Å². The third-order valence-electron chi connectivity index (χ3n) is 8.32. The molecule has 0 aromatic heterocycles. The fourth-order valence-electron chi connectivity index (χ4n) is 5.89. The fourth-order valence-corrected chi connectivity index (χ4v) is 5.89. The SMILES string of the molecule is C=C(C)C(=O)N(CC)CC1CCC(CN(CC)C(=O)C(=C)C)CC1.C=CC(=O)NCCC(C)(C)CC(C)CN(C)C(=O)C=C. The maximum Gasteiger partial charge on any atom is 0.248 e. The smallest absolute Gasteiger partial charge is 0.248 e. The van der Waals surface area contributed by atoms with Gasteiger partial charge >= 0.3 is 0 Å². The summed E-state index contributed by atoms with van der Waals surface area (Å²) in [5.41, 5.74) is 1.34. The molecule has 0 aliphatic heterocycles. The third kappa shape index (κ3) is 16.1. The van der Waals surface area contributed by atoms with E-state index in [1.54, 1.807) is 25.8 Å². The highest BCUT2D eigenvalue weighted by molar-refractivity contribution is 5.92. The van der Waals surface area contributed by atoms with Gasteiger partial charge in [0.15, 0.2) is 0 Å². The van der Waals surface area contributed by atoms with Gasteiger partial charge in [0.05, 0.1) is 0 Å². The monoisotopic (exact) mass is 614 g/mol. The molecule has 250 valence electrons.